The van der Waals surface area contributed by atoms with Crippen LogP contribution in [-0.2, 0) is 30.4 Å². The minimum absolute atomic E-state index is 0.128. The summed E-state index contributed by atoms with van der Waals surface area (Å²) >= 11 is 0. The lowest BCUT2D eigenvalue weighted by Gasteiger charge is -2.33. The van der Waals surface area contributed by atoms with Crippen LogP contribution in [0.2, 0.25) is 0 Å². The number of para-hydroxylation sites is 1. The highest BCUT2D eigenvalue weighted by Gasteiger charge is 2.29. The van der Waals surface area contributed by atoms with E-state index in [2.05, 4.69) is 31.5 Å². The summed E-state index contributed by atoms with van der Waals surface area (Å²) in [5.74, 6) is 6.51. The number of aryl methyl sites for hydroxylation is 2. The molecule has 14 heteroatoms. The zero-order chi connectivity index (χ0) is 27.9. The molecule has 0 amide bonds. The van der Waals surface area contributed by atoms with E-state index < -0.39 is 27.6 Å². The van der Waals surface area contributed by atoms with Crippen LogP contribution in [0.25, 0.3) is 22.1 Å². The van der Waals surface area contributed by atoms with Gasteiger partial charge in [0.2, 0.25) is 5.95 Å². The second kappa shape index (κ2) is 10.3. The molecule has 5 rings (SSSR count). The highest BCUT2D eigenvalue weighted by molar-refractivity contribution is 7.83. The number of benzene rings is 1. The Morgan fingerprint density at radius 2 is 1.92 bits per heavy atom. The van der Waals surface area contributed by atoms with Gasteiger partial charge in [-0.15, -0.1) is 5.92 Å². The van der Waals surface area contributed by atoms with Gasteiger partial charge in [-0.25, -0.2) is 14.8 Å². The van der Waals surface area contributed by atoms with E-state index in [1.54, 1.807) is 18.5 Å². The molecule has 0 bridgehead atoms. The molecule has 1 aliphatic rings. The molecule has 1 aliphatic heterocycles. The predicted octanol–water partition coefficient (Wildman–Crippen LogP) is 0.581. The van der Waals surface area contributed by atoms with Gasteiger partial charge in [0, 0.05) is 37.3 Å². The fourth-order valence-electron chi connectivity index (χ4n) is 5.02. The zero-order valence-electron chi connectivity index (χ0n) is 21.7. The highest BCUT2D eigenvalue weighted by Crippen LogP contribution is 2.23. The SMILES string of the molecule is CC#CCn1c(N2CCC[C@@H](NS(=O)(=O)O)C2)nc2c1c(=O)n(Cc1nc(C)c3ccccc3n1)c(=O)n2C. The molecule has 0 aliphatic carbocycles. The molecule has 0 radical (unpaired) electrons. The van der Waals surface area contributed by atoms with Crippen molar-refractivity contribution in [1.29, 1.82) is 0 Å². The van der Waals surface area contributed by atoms with E-state index in [-0.39, 0.29) is 30.8 Å². The van der Waals surface area contributed by atoms with Crippen LogP contribution in [0, 0.1) is 18.8 Å². The molecule has 204 valence electrons. The van der Waals surface area contributed by atoms with Gasteiger partial charge in [0.05, 0.1) is 18.6 Å². The first-order chi connectivity index (χ1) is 18.6. The lowest BCUT2D eigenvalue weighted by atomic mass is 10.1. The summed E-state index contributed by atoms with van der Waals surface area (Å²) in [5, 5.41) is 0.890. The largest absolute Gasteiger partial charge is 0.341 e. The van der Waals surface area contributed by atoms with E-state index in [1.807, 2.05) is 36.1 Å². The number of piperidine rings is 1. The average Bonchev–Trinajstić information content (AvgIpc) is 3.27. The summed E-state index contributed by atoms with van der Waals surface area (Å²) < 4.78 is 38.3. The molecular formula is C25H28N8O5S. The molecule has 3 aromatic heterocycles. The predicted molar refractivity (Wildman–Crippen MR) is 146 cm³/mol. The normalized spacial score (nSPS) is 16.0. The third-order valence-corrected chi connectivity index (χ3v) is 7.42. The van der Waals surface area contributed by atoms with Crippen molar-refractivity contribution in [2.75, 3.05) is 18.0 Å². The Labute approximate surface area is 224 Å². The molecule has 4 heterocycles. The van der Waals surface area contributed by atoms with Crippen molar-refractivity contribution >= 4 is 38.3 Å². The van der Waals surface area contributed by atoms with E-state index in [4.69, 9.17) is 0 Å². The molecule has 0 spiro atoms. The lowest BCUT2D eigenvalue weighted by Crippen LogP contribution is -2.48. The van der Waals surface area contributed by atoms with E-state index in [1.165, 1.54) is 4.57 Å². The van der Waals surface area contributed by atoms with E-state index in [9.17, 15) is 22.6 Å². The first-order valence-corrected chi connectivity index (χ1v) is 13.8. The quantitative estimate of drug-likeness (QED) is 0.258. The fraction of sp³-hybridized carbons (Fsp3) is 0.400. The lowest BCUT2D eigenvalue weighted by molar-refractivity contribution is 0.419. The molecular weight excluding hydrogens is 524 g/mol. The van der Waals surface area contributed by atoms with Crippen molar-refractivity contribution in [1.82, 2.24) is 33.4 Å². The van der Waals surface area contributed by atoms with Crippen LogP contribution < -0.4 is 20.9 Å². The van der Waals surface area contributed by atoms with Crippen LogP contribution in [0.3, 0.4) is 0 Å². The Bertz CT molecular complexity index is 1880. The van der Waals surface area contributed by atoms with E-state index in [0.717, 1.165) is 21.2 Å². The maximum absolute atomic E-state index is 13.8. The molecule has 39 heavy (non-hydrogen) atoms. The van der Waals surface area contributed by atoms with Gasteiger partial charge in [-0.3, -0.25) is 23.0 Å². The first kappa shape index (κ1) is 26.5. The number of nitrogens with one attached hydrogen (secondary N) is 1. The number of imidazole rings is 1. The zero-order valence-corrected chi connectivity index (χ0v) is 22.6. The summed E-state index contributed by atoms with van der Waals surface area (Å²) in [5.41, 5.74) is 0.722. The monoisotopic (exact) mass is 552 g/mol. The maximum atomic E-state index is 13.8. The Morgan fingerprint density at radius 1 is 1.15 bits per heavy atom. The van der Waals surface area contributed by atoms with Crippen LogP contribution in [0.15, 0.2) is 33.9 Å². The van der Waals surface area contributed by atoms with Gasteiger partial charge < -0.3 is 4.90 Å². The van der Waals surface area contributed by atoms with Gasteiger partial charge in [0.1, 0.15) is 5.82 Å². The van der Waals surface area contributed by atoms with Gasteiger partial charge in [0.25, 0.3) is 5.56 Å². The second-order valence-electron chi connectivity index (χ2n) is 9.45. The van der Waals surface area contributed by atoms with E-state index in [0.29, 0.717) is 31.2 Å². The van der Waals surface area contributed by atoms with Crippen molar-refractivity contribution in [3.8, 4) is 11.8 Å². The standard InChI is InChI=1S/C25H28N8O5S/c1-4-5-13-32-21-22(28-24(32)31-12-8-9-17(14-31)29-39(36,37)38)30(3)25(35)33(23(21)34)15-20-26-16(2)18-10-6-7-11-19(18)27-20/h6-7,10-11,17,29H,8-9,12-15H2,1-3H3,(H,36,37,38)/t17-/m1/s1. The summed E-state index contributed by atoms with van der Waals surface area (Å²) in [7, 11) is -2.85. The molecule has 13 nitrogen and oxygen atoms in total. The smallest absolute Gasteiger partial charge is 0.333 e. The number of aromatic nitrogens is 6. The molecule has 4 aromatic rings. The summed E-state index contributed by atoms with van der Waals surface area (Å²) in [4.78, 5) is 42.7. The summed E-state index contributed by atoms with van der Waals surface area (Å²) in [6.45, 7) is 4.30. The van der Waals surface area contributed by atoms with E-state index >= 15 is 0 Å². The Morgan fingerprint density at radius 3 is 2.67 bits per heavy atom. The highest BCUT2D eigenvalue weighted by atomic mass is 32.2. The first-order valence-electron chi connectivity index (χ1n) is 12.4. The maximum Gasteiger partial charge on any atom is 0.333 e. The Kier molecular flexibility index (Phi) is 6.98. The van der Waals surface area contributed by atoms with Crippen LogP contribution in [0.5, 0.6) is 0 Å². The molecule has 1 atom stereocenters. The van der Waals surface area contributed by atoms with Crippen LogP contribution >= 0.6 is 0 Å². The second-order valence-corrected chi connectivity index (χ2v) is 10.6. The van der Waals surface area contributed by atoms with Crippen molar-refractivity contribution < 1.29 is 13.0 Å². The fourth-order valence-corrected chi connectivity index (χ4v) is 5.64. The number of fused-ring (bicyclic) bond motifs is 2. The van der Waals surface area contributed by atoms with Gasteiger partial charge in [-0.1, -0.05) is 24.1 Å². The number of anilines is 1. The minimum Gasteiger partial charge on any atom is -0.341 e. The van der Waals surface area contributed by atoms with Gasteiger partial charge in [0.15, 0.2) is 11.2 Å². The van der Waals surface area contributed by atoms with Gasteiger partial charge in [-0.05, 0) is 32.8 Å². The minimum atomic E-state index is -4.39. The van der Waals surface area contributed by atoms with Crippen molar-refractivity contribution in [2.24, 2.45) is 7.05 Å². The summed E-state index contributed by atoms with van der Waals surface area (Å²) in [6.07, 6.45) is 1.15. The molecule has 1 fully saturated rings. The Balaban J connectivity index is 1.63. The topological polar surface area (TPSA) is 157 Å². The van der Waals surface area contributed by atoms with Crippen LogP contribution in [0.1, 0.15) is 31.3 Å². The number of rotatable bonds is 6. The molecule has 0 unspecified atom stereocenters. The number of nitrogens with zero attached hydrogens (tertiary/aromatic N) is 7. The number of hydrogen-bond acceptors (Lipinski definition) is 8. The van der Waals surface area contributed by atoms with Crippen molar-refractivity contribution in [2.45, 2.75) is 45.8 Å². The molecule has 1 saturated heterocycles. The third-order valence-electron chi connectivity index (χ3n) is 6.79. The number of hydrogen-bond donors (Lipinski definition) is 2. The van der Waals surface area contributed by atoms with Gasteiger partial charge >= 0.3 is 16.0 Å². The average molecular weight is 553 g/mol. The molecule has 1 aromatic carbocycles. The van der Waals surface area contributed by atoms with Crippen molar-refractivity contribution in [3.63, 3.8) is 0 Å². The van der Waals surface area contributed by atoms with Crippen LogP contribution in [0.4, 0.5) is 5.95 Å². The summed E-state index contributed by atoms with van der Waals surface area (Å²) in [6, 6.07) is 6.98. The van der Waals surface area contributed by atoms with Gasteiger partial charge in [-0.2, -0.15) is 18.1 Å². The van der Waals surface area contributed by atoms with Crippen LogP contribution in [-0.4, -0.2) is 60.8 Å². The third kappa shape index (κ3) is 5.16. The van der Waals surface area contributed by atoms with Crippen molar-refractivity contribution in [3.05, 3.63) is 56.6 Å². The molecule has 2 N–H and O–H groups in total. The Hall–Kier alpha value is -4.06. The molecule has 0 saturated carbocycles.